The first-order valence-corrected chi connectivity index (χ1v) is 11.8. The van der Waals surface area contributed by atoms with Crippen LogP contribution in [0.15, 0.2) is 60.2 Å². The van der Waals surface area contributed by atoms with Crippen LogP contribution in [0.3, 0.4) is 0 Å². The van der Waals surface area contributed by atoms with Gasteiger partial charge in [-0.25, -0.2) is 4.79 Å². The van der Waals surface area contributed by atoms with E-state index >= 15 is 0 Å². The Balaban J connectivity index is 1.33. The number of amides is 3. The molecule has 5 heteroatoms. The van der Waals surface area contributed by atoms with Gasteiger partial charge in [0.25, 0.3) is 5.91 Å². The molecule has 0 bridgehead atoms. The molecule has 2 aromatic carbocycles. The maximum Gasteiger partial charge on any atom is 0.324 e. The average molecular weight is 432 g/mol. The molecule has 0 radical (unpaired) electrons. The Labute approximate surface area is 191 Å². The van der Waals surface area contributed by atoms with Crippen molar-refractivity contribution in [2.24, 2.45) is 0 Å². The third-order valence-electron chi connectivity index (χ3n) is 6.36. The molecule has 1 N–H and O–H groups in total. The summed E-state index contributed by atoms with van der Waals surface area (Å²) in [5, 5.41) is 3.02. The van der Waals surface area contributed by atoms with Crippen LogP contribution in [0.1, 0.15) is 60.0 Å². The lowest BCUT2D eigenvalue weighted by atomic mass is 9.97. The Morgan fingerprint density at radius 1 is 0.969 bits per heavy atom. The van der Waals surface area contributed by atoms with Gasteiger partial charge >= 0.3 is 6.03 Å². The van der Waals surface area contributed by atoms with E-state index in [1.165, 1.54) is 30.4 Å². The smallest absolute Gasteiger partial charge is 0.324 e. The fourth-order valence-electron chi connectivity index (χ4n) is 4.44. The minimum atomic E-state index is -0.0565. The van der Waals surface area contributed by atoms with E-state index in [-0.39, 0.29) is 11.9 Å². The zero-order valence-corrected chi connectivity index (χ0v) is 19.0. The quantitative estimate of drug-likeness (QED) is 0.593. The number of anilines is 1. The number of rotatable bonds is 7. The van der Waals surface area contributed by atoms with Crippen LogP contribution < -0.4 is 10.2 Å². The number of hydrogen-bond donors (Lipinski definition) is 1. The van der Waals surface area contributed by atoms with E-state index < -0.39 is 0 Å². The summed E-state index contributed by atoms with van der Waals surface area (Å²) >= 11 is 0. The highest BCUT2D eigenvalue weighted by molar-refractivity contribution is 5.96. The van der Waals surface area contributed by atoms with E-state index in [2.05, 4.69) is 42.6 Å². The fourth-order valence-corrected chi connectivity index (χ4v) is 4.44. The molecule has 168 valence electrons. The van der Waals surface area contributed by atoms with E-state index in [4.69, 9.17) is 0 Å². The molecule has 0 atom stereocenters. The topological polar surface area (TPSA) is 52.6 Å². The SMILES string of the molecule is Cc1ccc(CN2CCCN(c3ccc(C(=O)NCCC4=CCCCC4)cc3)C2=O)cc1. The minimum absolute atomic E-state index is 0.0229. The molecule has 0 aromatic heterocycles. The number of allylic oxidation sites excluding steroid dienone is 1. The molecule has 1 aliphatic heterocycles. The van der Waals surface area contributed by atoms with Crippen molar-refractivity contribution in [3.63, 3.8) is 0 Å². The second-order valence-corrected chi connectivity index (χ2v) is 8.86. The van der Waals surface area contributed by atoms with Gasteiger partial charge in [0, 0.05) is 37.4 Å². The summed E-state index contributed by atoms with van der Waals surface area (Å²) in [5.74, 6) is -0.0565. The lowest BCUT2D eigenvalue weighted by molar-refractivity contribution is 0.0954. The van der Waals surface area contributed by atoms with Crippen molar-refractivity contribution >= 4 is 17.6 Å². The first-order chi connectivity index (χ1) is 15.6. The predicted molar refractivity (Wildman–Crippen MR) is 129 cm³/mol. The zero-order chi connectivity index (χ0) is 22.3. The van der Waals surface area contributed by atoms with E-state index in [9.17, 15) is 9.59 Å². The summed E-state index contributed by atoms with van der Waals surface area (Å²) < 4.78 is 0. The number of carbonyl (C=O) groups is 2. The van der Waals surface area contributed by atoms with Gasteiger partial charge < -0.3 is 10.2 Å². The second-order valence-electron chi connectivity index (χ2n) is 8.86. The van der Waals surface area contributed by atoms with Crippen molar-refractivity contribution in [3.8, 4) is 0 Å². The maximum absolute atomic E-state index is 13.1. The van der Waals surface area contributed by atoms with E-state index in [0.29, 0.717) is 25.2 Å². The highest BCUT2D eigenvalue weighted by Gasteiger charge is 2.26. The number of carbonyl (C=O) groups excluding carboxylic acids is 2. The van der Waals surface area contributed by atoms with Gasteiger partial charge in [-0.2, -0.15) is 0 Å². The highest BCUT2D eigenvalue weighted by atomic mass is 16.2. The summed E-state index contributed by atoms with van der Waals surface area (Å²) in [6, 6.07) is 15.7. The summed E-state index contributed by atoms with van der Waals surface area (Å²) in [7, 11) is 0. The standard InChI is InChI=1S/C27H33N3O2/c1-21-8-10-23(11-9-21)20-29-18-5-19-30(27(29)32)25-14-12-24(13-15-25)26(31)28-17-16-22-6-3-2-4-7-22/h6,8-15H,2-5,7,16-20H2,1H3,(H,28,31). The molecular formula is C27H33N3O2. The Morgan fingerprint density at radius 3 is 2.47 bits per heavy atom. The van der Waals surface area contributed by atoms with Crippen LogP contribution >= 0.6 is 0 Å². The van der Waals surface area contributed by atoms with Crippen LogP contribution in [0, 0.1) is 6.92 Å². The molecule has 3 amide bonds. The Kier molecular flexibility index (Phi) is 7.25. The van der Waals surface area contributed by atoms with Gasteiger partial charge in [0.1, 0.15) is 0 Å². The highest BCUT2D eigenvalue weighted by Crippen LogP contribution is 2.23. The van der Waals surface area contributed by atoms with Crippen molar-refractivity contribution in [2.75, 3.05) is 24.5 Å². The van der Waals surface area contributed by atoms with Crippen molar-refractivity contribution in [3.05, 3.63) is 76.9 Å². The monoisotopic (exact) mass is 431 g/mol. The molecule has 1 fully saturated rings. The number of nitrogens with zero attached hydrogens (tertiary/aromatic N) is 2. The number of hydrogen-bond acceptors (Lipinski definition) is 2. The van der Waals surface area contributed by atoms with Gasteiger partial charge in [-0.1, -0.05) is 41.5 Å². The summed E-state index contributed by atoms with van der Waals surface area (Å²) in [4.78, 5) is 29.3. The number of benzene rings is 2. The number of nitrogens with one attached hydrogen (secondary N) is 1. The van der Waals surface area contributed by atoms with E-state index in [1.807, 2.05) is 34.1 Å². The van der Waals surface area contributed by atoms with Crippen molar-refractivity contribution in [1.82, 2.24) is 10.2 Å². The van der Waals surface area contributed by atoms with Gasteiger partial charge in [0.05, 0.1) is 0 Å². The van der Waals surface area contributed by atoms with Gasteiger partial charge in [0.2, 0.25) is 0 Å². The molecule has 1 saturated heterocycles. The molecule has 4 rings (SSSR count). The molecule has 0 saturated carbocycles. The Bertz CT molecular complexity index is 963. The van der Waals surface area contributed by atoms with Crippen molar-refractivity contribution in [1.29, 1.82) is 0 Å². The molecule has 2 aliphatic rings. The molecule has 2 aromatic rings. The second kappa shape index (κ2) is 10.5. The predicted octanol–water partition coefficient (Wildman–Crippen LogP) is 5.45. The molecule has 1 aliphatic carbocycles. The molecular weight excluding hydrogens is 398 g/mol. The lowest BCUT2D eigenvalue weighted by Gasteiger charge is -2.35. The molecule has 1 heterocycles. The summed E-state index contributed by atoms with van der Waals surface area (Å²) in [5.41, 5.74) is 5.29. The van der Waals surface area contributed by atoms with Crippen molar-refractivity contribution in [2.45, 2.75) is 52.0 Å². The minimum Gasteiger partial charge on any atom is -0.352 e. The van der Waals surface area contributed by atoms with Crippen LogP contribution in [0.25, 0.3) is 0 Å². The Morgan fingerprint density at radius 2 is 1.75 bits per heavy atom. The largest absolute Gasteiger partial charge is 0.352 e. The van der Waals surface area contributed by atoms with Crippen molar-refractivity contribution < 1.29 is 9.59 Å². The van der Waals surface area contributed by atoms with Crippen LogP contribution in [0.5, 0.6) is 0 Å². The van der Waals surface area contributed by atoms with Crippen LogP contribution in [0.4, 0.5) is 10.5 Å². The molecule has 0 unspecified atom stereocenters. The van der Waals surface area contributed by atoms with Crippen LogP contribution in [-0.4, -0.2) is 36.5 Å². The van der Waals surface area contributed by atoms with E-state index in [0.717, 1.165) is 37.1 Å². The third kappa shape index (κ3) is 5.58. The maximum atomic E-state index is 13.1. The first-order valence-electron chi connectivity index (χ1n) is 11.8. The number of aryl methyl sites for hydroxylation is 1. The zero-order valence-electron chi connectivity index (χ0n) is 19.0. The number of urea groups is 1. The van der Waals surface area contributed by atoms with E-state index in [1.54, 1.807) is 0 Å². The Hall–Kier alpha value is -3.08. The normalized spacial score (nSPS) is 16.7. The summed E-state index contributed by atoms with van der Waals surface area (Å²) in [6.45, 7) is 4.82. The molecule has 5 nitrogen and oxygen atoms in total. The van der Waals surface area contributed by atoms with Gasteiger partial charge in [0.15, 0.2) is 0 Å². The summed E-state index contributed by atoms with van der Waals surface area (Å²) in [6.07, 6.45) is 9.06. The first kappa shape index (κ1) is 22.1. The van der Waals surface area contributed by atoms with Crippen LogP contribution in [0.2, 0.25) is 0 Å². The lowest BCUT2D eigenvalue weighted by Crippen LogP contribution is -2.49. The fraction of sp³-hybridized carbons (Fsp3) is 0.407. The van der Waals surface area contributed by atoms with Crippen LogP contribution in [-0.2, 0) is 6.54 Å². The third-order valence-corrected chi connectivity index (χ3v) is 6.36. The average Bonchev–Trinajstić information content (AvgIpc) is 2.82. The van der Waals surface area contributed by atoms with Gasteiger partial charge in [-0.3, -0.25) is 9.69 Å². The molecule has 32 heavy (non-hydrogen) atoms. The van der Waals surface area contributed by atoms with Gasteiger partial charge in [-0.15, -0.1) is 0 Å². The van der Waals surface area contributed by atoms with Gasteiger partial charge in [-0.05, 0) is 75.3 Å². The molecule has 0 spiro atoms.